The number of likely N-dealkylation sites (tertiary alicyclic amines) is 1. The van der Waals surface area contributed by atoms with Crippen molar-refractivity contribution in [2.24, 2.45) is 11.8 Å². The van der Waals surface area contributed by atoms with E-state index in [2.05, 4.69) is 0 Å². The lowest BCUT2D eigenvalue weighted by molar-refractivity contribution is -0.135. The highest BCUT2D eigenvalue weighted by atomic mass is 16.2. The summed E-state index contributed by atoms with van der Waals surface area (Å²) < 4.78 is 0. The van der Waals surface area contributed by atoms with Crippen LogP contribution >= 0.6 is 0 Å². The second-order valence-electron chi connectivity index (χ2n) is 5.60. The highest BCUT2D eigenvalue weighted by Gasteiger charge is 2.57. The van der Waals surface area contributed by atoms with Crippen LogP contribution in [-0.4, -0.2) is 36.2 Å². The molecule has 104 valence electrons. The molecule has 0 bridgehead atoms. The summed E-state index contributed by atoms with van der Waals surface area (Å²) >= 11 is 0. The summed E-state index contributed by atoms with van der Waals surface area (Å²) in [4.78, 5) is 39.5. The maximum absolute atomic E-state index is 12.5. The molecule has 5 nitrogen and oxygen atoms in total. The van der Waals surface area contributed by atoms with Gasteiger partial charge in [-0.25, -0.2) is 4.90 Å². The van der Waals surface area contributed by atoms with Crippen molar-refractivity contribution in [2.45, 2.75) is 13.8 Å². The monoisotopic (exact) mass is 272 g/mol. The molecular formula is C15H16N2O3. The van der Waals surface area contributed by atoms with Crippen molar-refractivity contribution in [1.29, 1.82) is 0 Å². The van der Waals surface area contributed by atoms with E-state index in [9.17, 15) is 14.4 Å². The fraction of sp³-hybridized carbons (Fsp3) is 0.400. The normalized spacial score (nSPS) is 25.6. The van der Waals surface area contributed by atoms with E-state index in [4.69, 9.17) is 0 Å². The smallest absolute Gasteiger partial charge is 0.247 e. The Hall–Kier alpha value is -2.17. The van der Waals surface area contributed by atoms with Crippen LogP contribution in [0.3, 0.4) is 0 Å². The topological polar surface area (TPSA) is 57.7 Å². The first-order valence-corrected chi connectivity index (χ1v) is 6.62. The average Bonchev–Trinajstić information content (AvgIpc) is 2.80. The quantitative estimate of drug-likeness (QED) is 0.563. The molecule has 0 N–H and O–H groups in total. The van der Waals surface area contributed by atoms with Crippen LogP contribution < -0.4 is 4.90 Å². The summed E-state index contributed by atoms with van der Waals surface area (Å²) in [7, 11) is 1.63. The van der Waals surface area contributed by atoms with Crippen molar-refractivity contribution in [3.05, 3.63) is 29.3 Å². The number of benzene rings is 1. The Labute approximate surface area is 117 Å². The molecule has 2 aliphatic heterocycles. The highest BCUT2D eigenvalue weighted by Crippen LogP contribution is 2.37. The predicted octanol–water partition coefficient (Wildman–Crippen LogP) is 0.881. The number of fused-ring (bicyclic) bond motifs is 1. The summed E-state index contributed by atoms with van der Waals surface area (Å²) in [6, 6.07) is 5.57. The Morgan fingerprint density at radius 3 is 2.35 bits per heavy atom. The highest BCUT2D eigenvalue weighted by molar-refractivity contribution is 6.28. The molecule has 0 radical (unpaired) electrons. The summed E-state index contributed by atoms with van der Waals surface area (Å²) in [5, 5.41) is 0. The van der Waals surface area contributed by atoms with Crippen molar-refractivity contribution >= 4 is 23.4 Å². The first-order chi connectivity index (χ1) is 9.41. The predicted molar refractivity (Wildman–Crippen MR) is 73.0 cm³/mol. The van der Waals surface area contributed by atoms with Gasteiger partial charge in [0, 0.05) is 13.6 Å². The van der Waals surface area contributed by atoms with Crippen molar-refractivity contribution in [3.8, 4) is 0 Å². The number of hydrogen-bond acceptors (Lipinski definition) is 3. The summed E-state index contributed by atoms with van der Waals surface area (Å²) in [6.45, 7) is 4.15. The molecule has 2 aliphatic rings. The SMILES string of the molecule is Cc1ccc(N2C(=O)C3C(=O)N(C)C[C@@H]3C2=O)c(C)c1. The lowest BCUT2D eigenvalue weighted by atomic mass is 9.99. The molecule has 0 aromatic heterocycles. The van der Waals surface area contributed by atoms with E-state index < -0.39 is 11.8 Å². The lowest BCUT2D eigenvalue weighted by Gasteiger charge is -2.20. The van der Waals surface area contributed by atoms with Crippen LogP contribution in [0.1, 0.15) is 11.1 Å². The largest absolute Gasteiger partial charge is 0.344 e. The standard InChI is InChI=1S/C15H16N2O3/c1-8-4-5-11(9(2)6-8)17-13(18)10-7-16(3)14(19)12(10)15(17)20/h4-6,10,12H,7H2,1-3H3/t10-,12?/m0/s1. The van der Waals surface area contributed by atoms with Gasteiger partial charge in [-0.05, 0) is 25.5 Å². The van der Waals surface area contributed by atoms with Crippen molar-refractivity contribution in [1.82, 2.24) is 4.90 Å². The number of hydrogen-bond donors (Lipinski definition) is 0. The van der Waals surface area contributed by atoms with E-state index >= 15 is 0 Å². The number of imide groups is 1. The number of anilines is 1. The van der Waals surface area contributed by atoms with E-state index in [0.29, 0.717) is 12.2 Å². The summed E-state index contributed by atoms with van der Waals surface area (Å²) in [5.74, 6) is -2.25. The van der Waals surface area contributed by atoms with Gasteiger partial charge in [-0.15, -0.1) is 0 Å². The number of carbonyl (C=O) groups excluding carboxylic acids is 3. The third-order valence-corrected chi connectivity index (χ3v) is 4.13. The summed E-state index contributed by atoms with van der Waals surface area (Å²) in [5.41, 5.74) is 2.53. The van der Waals surface area contributed by atoms with Crippen LogP contribution in [0.15, 0.2) is 18.2 Å². The average molecular weight is 272 g/mol. The Bertz CT molecular complexity index is 638. The second kappa shape index (κ2) is 4.16. The molecular weight excluding hydrogens is 256 g/mol. The van der Waals surface area contributed by atoms with E-state index in [1.165, 1.54) is 9.80 Å². The van der Waals surface area contributed by atoms with Crippen LogP contribution in [0.4, 0.5) is 5.69 Å². The fourth-order valence-corrected chi connectivity index (χ4v) is 3.11. The summed E-state index contributed by atoms with van der Waals surface area (Å²) in [6.07, 6.45) is 0. The van der Waals surface area contributed by atoms with Crippen molar-refractivity contribution in [2.75, 3.05) is 18.5 Å². The van der Waals surface area contributed by atoms with Gasteiger partial charge in [0.2, 0.25) is 17.7 Å². The van der Waals surface area contributed by atoms with Crippen LogP contribution in [0.5, 0.6) is 0 Å². The van der Waals surface area contributed by atoms with Crippen molar-refractivity contribution in [3.63, 3.8) is 0 Å². The van der Waals surface area contributed by atoms with Gasteiger partial charge >= 0.3 is 0 Å². The molecule has 3 rings (SSSR count). The molecule has 2 atom stereocenters. The van der Waals surface area contributed by atoms with E-state index in [1.807, 2.05) is 26.0 Å². The number of carbonyl (C=O) groups is 3. The molecule has 2 saturated heterocycles. The minimum atomic E-state index is -0.826. The van der Waals surface area contributed by atoms with E-state index in [-0.39, 0.29) is 17.7 Å². The molecule has 5 heteroatoms. The molecule has 20 heavy (non-hydrogen) atoms. The zero-order valence-corrected chi connectivity index (χ0v) is 11.7. The zero-order chi connectivity index (χ0) is 14.6. The maximum atomic E-state index is 12.5. The molecule has 1 aromatic rings. The molecule has 0 aliphatic carbocycles. The Kier molecular flexibility index (Phi) is 2.67. The lowest BCUT2D eigenvalue weighted by Crippen LogP contribution is -2.37. The fourth-order valence-electron chi connectivity index (χ4n) is 3.11. The molecule has 2 heterocycles. The first kappa shape index (κ1) is 12.8. The maximum Gasteiger partial charge on any atom is 0.247 e. The number of aryl methyl sites for hydroxylation is 2. The minimum Gasteiger partial charge on any atom is -0.344 e. The van der Waals surface area contributed by atoms with Gasteiger partial charge in [0.05, 0.1) is 11.6 Å². The van der Waals surface area contributed by atoms with Gasteiger partial charge in [0.15, 0.2) is 0 Å². The number of amides is 3. The molecule has 1 aromatic carbocycles. The first-order valence-electron chi connectivity index (χ1n) is 6.62. The Balaban J connectivity index is 2.03. The number of rotatable bonds is 1. The van der Waals surface area contributed by atoms with Gasteiger partial charge in [-0.2, -0.15) is 0 Å². The second-order valence-corrected chi connectivity index (χ2v) is 5.60. The molecule has 0 saturated carbocycles. The van der Waals surface area contributed by atoms with E-state index in [0.717, 1.165) is 11.1 Å². The van der Waals surface area contributed by atoms with Crippen LogP contribution in [-0.2, 0) is 14.4 Å². The Morgan fingerprint density at radius 2 is 1.75 bits per heavy atom. The van der Waals surface area contributed by atoms with Gasteiger partial charge in [0.1, 0.15) is 5.92 Å². The van der Waals surface area contributed by atoms with Crippen LogP contribution in [0.2, 0.25) is 0 Å². The van der Waals surface area contributed by atoms with Gasteiger partial charge in [-0.1, -0.05) is 17.7 Å². The molecule has 2 fully saturated rings. The zero-order valence-electron chi connectivity index (χ0n) is 11.7. The van der Waals surface area contributed by atoms with Crippen molar-refractivity contribution < 1.29 is 14.4 Å². The minimum absolute atomic E-state index is 0.249. The van der Waals surface area contributed by atoms with Gasteiger partial charge in [0.25, 0.3) is 0 Å². The number of nitrogens with zero attached hydrogens (tertiary/aromatic N) is 2. The molecule has 3 amide bonds. The van der Waals surface area contributed by atoms with Crippen LogP contribution in [0, 0.1) is 25.7 Å². The third-order valence-electron chi connectivity index (χ3n) is 4.13. The third kappa shape index (κ3) is 1.59. The molecule has 1 unspecified atom stereocenters. The molecule has 0 spiro atoms. The van der Waals surface area contributed by atoms with Gasteiger partial charge in [-0.3, -0.25) is 14.4 Å². The van der Waals surface area contributed by atoms with E-state index in [1.54, 1.807) is 13.1 Å². The van der Waals surface area contributed by atoms with Crippen LogP contribution in [0.25, 0.3) is 0 Å². The van der Waals surface area contributed by atoms with Gasteiger partial charge < -0.3 is 4.90 Å². The Morgan fingerprint density at radius 1 is 1.05 bits per heavy atom.